The quantitative estimate of drug-likeness (QED) is 0.273. The molecule has 0 spiro atoms. The summed E-state index contributed by atoms with van der Waals surface area (Å²) in [6.07, 6.45) is 10.9. The van der Waals surface area contributed by atoms with Gasteiger partial charge in [-0.3, -0.25) is 9.97 Å². The molecule has 1 aromatic carbocycles. The third kappa shape index (κ3) is 8.55. The fourth-order valence-corrected chi connectivity index (χ4v) is 2.77. The van der Waals surface area contributed by atoms with Gasteiger partial charge in [0.2, 0.25) is 0 Å². The first kappa shape index (κ1) is 26.9. The molecule has 4 aromatic heterocycles. The zero-order valence-corrected chi connectivity index (χ0v) is 22.4. The first-order valence-corrected chi connectivity index (χ1v) is 13.4. The van der Waals surface area contributed by atoms with Crippen LogP contribution in [-0.2, 0) is 31.7 Å². The van der Waals surface area contributed by atoms with Crippen LogP contribution in [0.4, 0.5) is 5.69 Å². The van der Waals surface area contributed by atoms with E-state index in [0.717, 1.165) is 28.7 Å². The fraction of sp³-hybridized carbons (Fsp3) is 0.120. The second-order valence-electron chi connectivity index (χ2n) is 6.69. The van der Waals surface area contributed by atoms with Crippen molar-refractivity contribution in [3.05, 3.63) is 104 Å². The molecular formula is C25H26ClN7Os-. The van der Waals surface area contributed by atoms with E-state index in [-0.39, 0.29) is 0 Å². The Morgan fingerprint density at radius 1 is 0.706 bits per heavy atom. The zero-order valence-electron chi connectivity index (χ0n) is 19.2. The van der Waals surface area contributed by atoms with Crippen LogP contribution in [0.2, 0.25) is 0 Å². The van der Waals surface area contributed by atoms with Crippen molar-refractivity contribution >= 4 is 15.3 Å². The molecule has 0 aliphatic carbocycles. The average Bonchev–Trinajstić information content (AvgIpc) is 3.55. The van der Waals surface area contributed by atoms with Gasteiger partial charge in [0.15, 0.2) is 11.6 Å². The van der Waals surface area contributed by atoms with E-state index in [2.05, 4.69) is 41.0 Å². The summed E-state index contributed by atoms with van der Waals surface area (Å²) in [4.78, 5) is 16.8. The molecule has 34 heavy (non-hydrogen) atoms. The Morgan fingerprint density at radius 3 is 1.47 bits per heavy atom. The molecule has 0 aliphatic heterocycles. The van der Waals surface area contributed by atoms with Crippen molar-refractivity contribution in [2.45, 2.75) is 0 Å². The van der Waals surface area contributed by atoms with E-state index in [1.54, 1.807) is 24.8 Å². The molecule has 0 atom stereocenters. The molecule has 0 amide bonds. The van der Waals surface area contributed by atoms with Crippen molar-refractivity contribution < 1.29 is 17.6 Å². The molecule has 0 saturated heterocycles. The number of rotatable bonds is 3. The van der Waals surface area contributed by atoms with Gasteiger partial charge in [0, 0.05) is 58.3 Å². The van der Waals surface area contributed by atoms with Crippen molar-refractivity contribution in [3.8, 4) is 23.0 Å². The minimum absolute atomic E-state index is 0.899. The molecular weight excluding hydrogens is 624 g/mol. The molecule has 0 saturated carbocycles. The van der Waals surface area contributed by atoms with E-state index in [1.165, 1.54) is 17.6 Å². The van der Waals surface area contributed by atoms with E-state index < -0.39 is 0 Å². The van der Waals surface area contributed by atoms with Gasteiger partial charge in [-0.15, -0.1) is 12.1 Å². The van der Waals surface area contributed by atoms with Gasteiger partial charge >= 0.3 is 27.2 Å². The Morgan fingerprint density at radius 2 is 1.18 bits per heavy atom. The number of nitrogens with one attached hydrogen (secondary N) is 1. The summed E-state index contributed by atoms with van der Waals surface area (Å²) in [5.41, 5.74) is 2.94. The Balaban J connectivity index is 0.000000177. The number of nitrogens with zero attached hydrogens (tertiary/aromatic N) is 6. The summed E-state index contributed by atoms with van der Waals surface area (Å²) in [5, 5.41) is 3.01. The summed E-state index contributed by atoms with van der Waals surface area (Å²) in [7, 11) is 10.5. The maximum absolute atomic E-state index is 4.67. The number of anilines is 1. The molecule has 4 heterocycles. The van der Waals surface area contributed by atoms with Gasteiger partial charge in [0.05, 0.1) is 0 Å². The fourth-order valence-electron chi connectivity index (χ4n) is 2.77. The van der Waals surface area contributed by atoms with Crippen molar-refractivity contribution in [3.63, 3.8) is 0 Å². The van der Waals surface area contributed by atoms with Crippen LogP contribution in [0.25, 0.3) is 23.0 Å². The van der Waals surface area contributed by atoms with Gasteiger partial charge in [-0.1, -0.05) is 17.8 Å². The van der Waals surface area contributed by atoms with Crippen LogP contribution in [0.1, 0.15) is 0 Å². The van der Waals surface area contributed by atoms with Gasteiger partial charge in [-0.05, 0) is 24.3 Å². The molecule has 0 bridgehead atoms. The van der Waals surface area contributed by atoms with E-state index in [4.69, 9.17) is 0 Å². The van der Waals surface area contributed by atoms with Crippen LogP contribution in [0.15, 0.2) is 97.8 Å². The molecule has 5 aromatic rings. The molecule has 1 N–H and O–H groups in total. The second-order valence-corrected chi connectivity index (χ2v) is 6.69. The predicted octanol–water partition coefficient (Wildman–Crippen LogP) is 5.18. The zero-order chi connectivity index (χ0) is 24.6. The third-order valence-corrected chi connectivity index (χ3v) is 4.44. The summed E-state index contributed by atoms with van der Waals surface area (Å²) in [6, 6.07) is 22.2. The van der Waals surface area contributed by atoms with Gasteiger partial charge in [-0.25, -0.2) is 9.97 Å². The number of benzene rings is 1. The van der Waals surface area contributed by atoms with Gasteiger partial charge in [0.25, 0.3) is 0 Å². The predicted molar refractivity (Wildman–Crippen MR) is 134 cm³/mol. The van der Waals surface area contributed by atoms with Crippen molar-refractivity contribution in [2.24, 2.45) is 14.1 Å². The molecule has 5 rings (SSSR count). The van der Waals surface area contributed by atoms with Crippen LogP contribution in [0, 0.1) is 6.07 Å². The number of aryl methyl sites for hydroxylation is 2. The molecule has 0 unspecified atom stereocenters. The van der Waals surface area contributed by atoms with E-state index >= 15 is 0 Å². The van der Waals surface area contributed by atoms with Gasteiger partial charge in [-0.2, -0.15) is 18.2 Å². The van der Waals surface area contributed by atoms with Crippen LogP contribution >= 0.6 is 9.64 Å². The summed E-state index contributed by atoms with van der Waals surface area (Å²) >= 11 is 1.33. The number of hydrogen-bond acceptors (Lipinski definition) is 5. The van der Waals surface area contributed by atoms with Gasteiger partial charge < -0.3 is 14.5 Å². The van der Waals surface area contributed by atoms with Crippen molar-refractivity contribution in [1.29, 1.82) is 0 Å². The molecule has 9 heteroatoms. The Hall–Kier alpha value is -3.33. The van der Waals surface area contributed by atoms with E-state index in [1.807, 2.05) is 103 Å². The molecule has 0 fully saturated rings. The summed E-state index contributed by atoms with van der Waals surface area (Å²) < 4.78 is 3.89. The maximum atomic E-state index is 4.67. The number of hydrogen-bond donors (Lipinski definition) is 1. The van der Waals surface area contributed by atoms with Crippen LogP contribution in [0.3, 0.4) is 0 Å². The first-order valence-electron chi connectivity index (χ1n) is 10.2. The molecule has 7 nitrogen and oxygen atoms in total. The number of imidazole rings is 2. The SMILES string of the molecule is CNc1cc[c-]cc1.Cn1ccnc1-c1ccccn1.Cn1ccnc1-c1ccccn1.[Cl][Os]. The molecule has 177 valence electrons. The van der Waals surface area contributed by atoms with Crippen molar-refractivity contribution in [2.75, 3.05) is 12.4 Å². The van der Waals surface area contributed by atoms with Crippen LogP contribution in [0.5, 0.6) is 0 Å². The van der Waals surface area contributed by atoms with Gasteiger partial charge in [0.1, 0.15) is 11.4 Å². The second kappa shape index (κ2) is 15.5. The summed E-state index contributed by atoms with van der Waals surface area (Å²) in [6.45, 7) is 0. The monoisotopic (exact) mass is 651 g/mol. The number of aromatic nitrogens is 6. The average molecular weight is 650 g/mol. The van der Waals surface area contributed by atoms with E-state index in [0.29, 0.717) is 0 Å². The summed E-state index contributed by atoms with van der Waals surface area (Å²) in [5.74, 6) is 1.80. The van der Waals surface area contributed by atoms with Crippen LogP contribution < -0.4 is 5.32 Å². The van der Waals surface area contributed by atoms with Crippen LogP contribution in [-0.4, -0.2) is 36.1 Å². The standard InChI is InChI=1S/2C9H9N3.C7H8N.ClH.Os/c2*1-12-7-6-11-9(12)8-4-2-3-5-10-8;1-8-7-5-3-2-4-6-7;;/h2*2-7H,1H3;3-6,8H,1H3;1H;/q;;-1;;+1/p-1. The Bertz CT molecular complexity index is 1100. The molecule has 0 radical (unpaired) electrons. The normalized spacial score (nSPS) is 9.32. The first-order chi connectivity index (χ1) is 16.7. The van der Waals surface area contributed by atoms with Crippen molar-refractivity contribution in [1.82, 2.24) is 29.1 Å². The number of halogens is 1. The van der Waals surface area contributed by atoms with E-state index in [9.17, 15) is 0 Å². The molecule has 0 aliphatic rings. The number of pyridine rings is 2. The topological polar surface area (TPSA) is 73.5 Å². The third-order valence-electron chi connectivity index (χ3n) is 4.44. The Labute approximate surface area is 214 Å². The Kier molecular flexibility index (Phi) is 12.3. The minimum atomic E-state index is 0.899.